The first-order valence-corrected chi connectivity index (χ1v) is 8.90. The van der Waals surface area contributed by atoms with E-state index in [4.69, 9.17) is 25.5 Å². The first kappa shape index (κ1) is 20.3. The fourth-order valence-electron chi connectivity index (χ4n) is 1.29. The third kappa shape index (κ3) is 7.92. The largest absolute Gasteiger partial charge is 0.375 e. The number of hydrogen-bond donors (Lipinski definition) is 0. The molecule has 0 aromatic carbocycles. The van der Waals surface area contributed by atoms with Crippen molar-refractivity contribution in [2.45, 2.75) is 57.5 Å². The van der Waals surface area contributed by atoms with Crippen molar-refractivity contribution in [1.29, 1.82) is 0 Å². The highest BCUT2D eigenvalue weighted by Gasteiger charge is 2.33. The Morgan fingerprint density at radius 1 is 1.05 bits per heavy atom. The first-order chi connectivity index (χ1) is 9.11. The maximum Gasteiger partial charge on any atom is 0.272 e. The molecule has 0 aromatic rings. The van der Waals surface area contributed by atoms with Gasteiger partial charge in [-0.05, 0) is 48.5 Å². The van der Waals surface area contributed by atoms with Crippen molar-refractivity contribution < 1.29 is 13.9 Å². The van der Waals surface area contributed by atoms with Gasteiger partial charge < -0.3 is 13.9 Å². The molecule has 0 bridgehead atoms. The summed E-state index contributed by atoms with van der Waals surface area (Å²) in [5.41, 5.74) is 0. The lowest BCUT2D eigenvalue weighted by Crippen LogP contribution is -2.48. The summed E-state index contributed by atoms with van der Waals surface area (Å²) in [6.45, 7) is 7.80. The van der Waals surface area contributed by atoms with Crippen LogP contribution in [0.2, 0.25) is 0 Å². The summed E-state index contributed by atoms with van der Waals surface area (Å²) in [7, 11) is 6.89. The van der Waals surface area contributed by atoms with Crippen molar-refractivity contribution in [2.75, 3.05) is 28.2 Å². The van der Waals surface area contributed by atoms with E-state index in [-0.39, 0.29) is 17.5 Å². The number of hydrogen-bond acceptors (Lipinski definition) is 5. The van der Waals surface area contributed by atoms with Gasteiger partial charge in [-0.25, -0.2) is 0 Å². The van der Waals surface area contributed by atoms with E-state index in [1.807, 2.05) is 58.8 Å². The van der Waals surface area contributed by atoms with Gasteiger partial charge in [0.1, 0.15) is 12.5 Å². The summed E-state index contributed by atoms with van der Waals surface area (Å²) >= 11 is 6.17. The van der Waals surface area contributed by atoms with Gasteiger partial charge in [-0.15, -0.1) is 11.6 Å². The van der Waals surface area contributed by atoms with Gasteiger partial charge in [0.05, 0.1) is 0 Å². The molecule has 0 radical (unpaired) electrons. The molecule has 0 saturated carbocycles. The Balaban J connectivity index is 4.73. The Morgan fingerprint density at radius 2 is 1.45 bits per heavy atom. The molecule has 0 fully saturated rings. The standard InChI is InChI=1S/C13H31ClN2O3Si/c1-9-12(14)20-19-13(4,17-10(2)15(5)6)18-11(3)16(7)8/h10-12H,9,20H2,1-8H3. The molecule has 20 heavy (non-hydrogen) atoms. The van der Waals surface area contributed by atoms with E-state index in [0.29, 0.717) is 0 Å². The highest BCUT2D eigenvalue weighted by Crippen LogP contribution is 2.21. The van der Waals surface area contributed by atoms with Crippen molar-refractivity contribution >= 4 is 21.4 Å². The minimum absolute atomic E-state index is 0.0887. The molecule has 0 heterocycles. The van der Waals surface area contributed by atoms with E-state index < -0.39 is 15.7 Å². The Kier molecular flexibility index (Phi) is 9.49. The van der Waals surface area contributed by atoms with Crippen LogP contribution >= 0.6 is 11.6 Å². The van der Waals surface area contributed by atoms with Crippen LogP contribution in [-0.2, 0) is 13.9 Å². The maximum atomic E-state index is 6.17. The topological polar surface area (TPSA) is 34.2 Å². The summed E-state index contributed by atoms with van der Waals surface area (Å²) in [4.78, 5) is 3.93. The third-order valence-corrected chi connectivity index (χ3v) is 5.51. The van der Waals surface area contributed by atoms with Crippen LogP contribution in [0.3, 0.4) is 0 Å². The first-order valence-electron chi connectivity index (χ1n) is 7.07. The second kappa shape index (κ2) is 9.35. The van der Waals surface area contributed by atoms with E-state index in [1.54, 1.807) is 0 Å². The van der Waals surface area contributed by atoms with Crippen LogP contribution in [-0.4, -0.2) is 71.2 Å². The van der Waals surface area contributed by atoms with E-state index in [1.165, 1.54) is 0 Å². The number of nitrogens with zero attached hydrogens (tertiary/aromatic N) is 2. The Morgan fingerprint density at radius 3 is 1.75 bits per heavy atom. The lowest BCUT2D eigenvalue weighted by Gasteiger charge is -2.38. The van der Waals surface area contributed by atoms with Crippen LogP contribution in [0.1, 0.15) is 34.1 Å². The normalized spacial score (nSPS) is 20.6. The van der Waals surface area contributed by atoms with Gasteiger partial charge in [0.15, 0.2) is 9.76 Å². The number of ether oxygens (including phenoxy) is 2. The SMILES string of the molecule is CCC(Cl)[SiH2]OC(C)(OC(C)N(C)C)OC(C)N(C)C. The van der Waals surface area contributed by atoms with Gasteiger partial charge in [-0.3, -0.25) is 9.80 Å². The molecule has 7 heteroatoms. The minimum Gasteiger partial charge on any atom is -0.375 e. The average Bonchev–Trinajstić information content (AvgIpc) is 2.35. The zero-order chi connectivity index (χ0) is 15.9. The summed E-state index contributed by atoms with van der Waals surface area (Å²) < 4.78 is 17.8. The second-order valence-electron chi connectivity index (χ2n) is 5.54. The van der Waals surface area contributed by atoms with Crippen LogP contribution in [0.5, 0.6) is 0 Å². The van der Waals surface area contributed by atoms with E-state index >= 15 is 0 Å². The quantitative estimate of drug-likeness (QED) is 0.346. The molecule has 122 valence electrons. The molecular weight excluding hydrogens is 296 g/mol. The van der Waals surface area contributed by atoms with Crippen molar-refractivity contribution in [1.82, 2.24) is 9.80 Å². The van der Waals surface area contributed by atoms with Gasteiger partial charge >= 0.3 is 0 Å². The zero-order valence-corrected chi connectivity index (χ0v) is 16.3. The predicted molar refractivity (Wildman–Crippen MR) is 86.4 cm³/mol. The highest BCUT2D eigenvalue weighted by atomic mass is 35.5. The van der Waals surface area contributed by atoms with E-state index in [0.717, 1.165) is 6.42 Å². The lowest BCUT2D eigenvalue weighted by molar-refractivity contribution is -0.383. The maximum absolute atomic E-state index is 6.17. The fourth-order valence-corrected chi connectivity index (χ4v) is 2.33. The average molecular weight is 327 g/mol. The van der Waals surface area contributed by atoms with Gasteiger partial charge in [0.2, 0.25) is 0 Å². The summed E-state index contributed by atoms with van der Waals surface area (Å²) in [6.07, 6.45) is 0.675. The van der Waals surface area contributed by atoms with Crippen LogP contribution in [0.25, 0.3) is 0 Å². The molecule has 0 N–H and O–H groups in total. The Hall–Kier alpha value is 0.307. The molecule has 0 spiro atoms. The van der Waals surface area contributed by atoms with Gasteiger partial charge in [-0.1, -0.05) is 6.92 Å². The molecule has 5 nitrogen and oxygen atoms in total. The molecule has 0 aliphatic heterocycles. The summed E-state index contributed by atoms with van der Waals surface area (Å²) in [5.74, 6) is -1.07. The van der Waals surface area contributed by atoms with Crippen molar-refractivity contribution in [3.05, 3.63) is 0 Å². The smallest absolute Gasteiger partial charge is 0.272 e. The second-order valence-corrected chi connectivity index (χ2v) is 8.28. The molecule has 0 aliphatic carbocycles. The van der Waals surface area contributed by atoms with Gasteiger partial charge in [0, 0.05) is 11.9 Å². The molecule has 0 aromatic heterocycles. The lowest BCUT2D eigenvalue weighted by atomic mass is 10.5. The van der Waals surface area contributed by atoms with Crippen LogP contribution < -0.4 is 0 Å². The molecular formula is C13H31ClN2O3Si. The number of rotatable bonds is 10. The van der Waals surface area contributed by atoms with E-state index in [2.05, 4.69) is 6.92 Å². The van der Waals surface area contributed by atoms with Crippen molar-refractivity contribution in [3.63, 3.8) is 0 Å². The molecule has 0 aliphatic rings. The van der Waals surface area contributed by atoms with Crippen LogP contribution in [0.15, 0.2) is 0 Å². The van der Waals surface area contributed by atoms with Gasteiger partial charge in [-0.2, -0.15) is 0 Å². The molecule has 3 unspecified atom stereocenters. The fraction of sp³-hybridized carbons (Fsp3) is 1.00. The molecule has 0 amide bonds. The monoisotopic (exact) mass is 326 g/mol. The minimum atomic E-state index is -1.07. The Bertz CT molecular complexity index is 254. The summed E-state index contributed by atoms with van der Waals surface area (Å²) in [5, 5.41) is 0.0887. The van der Waals surface area contributed by atoms with Crippen LogP contribution in [0, 0.1) is 0 Å². The summed E-state index contributed by atoms with van der Waals surface area (Å²) in [6, 6.07) is 0. The van der Waals surface area contributed by atoms with Crippen molar-refractivity contribution in [2.24, 2.45) is 0 Å². The zero-order valence-electron chi connectivity index (χ0n) is 14.1. The molecule has 0 rings (SSSR count). The Labute approximate surface area is 131 Å². The van der Waals surface area contributed by atoms with Crippen molar-refractivity contribution in [3.8, 4) is 0 Å². The third-order valence-electron chi connectivity index (χ3n) is 3.19. The van der Waals surface area contributed by atoms with E-state index in [9.17, 15) is 0 Å². The number of alkyl halides is 1. The molecule has 3 atom stereocenters. The van der Waals surface area contributed by atoms with Gasteiger partial charge in [0.25, 0.3) is 5.97 Å². The highest BCUT2D eigenvalue weighted by molar-refractivity contribution is 6.48. The molecule has 0 saturated heterocycles. The van der Waals surface area contributed by atoms with Crippen LogP contribution in [0.4, 0.5) is 0 Å². The number of halogens is 1. The predicted octanol–water partition coefficient (Wildman–Crippen LogP) is 1.58.